The lowest BCUT2D eigenvalue weighted by molar-refractivity contribution is 0.474. The van der Waals surface area contributed by atoms with Crippen LogP contribution in [0.15, 0.2) is 12.5 Å². The molecule has 1 unspecified atom stereocenters. The van der Waals surface area contributed by atoms with Gasteiger partial charge in [-0.15, -0.1) is 0 Å². The second-order valence-corrected chi connectivity index (χ2v) is 4.42. The molecule has 0 bridgehead atoms. The number of unbranched alkanes of at least 4 members (excludes halogenated alkanes) is 3. The van der Waals surface area contributed by atoms with Crippen LogP contribution in [0.4, 0.5) is 0 Å². The van der Waals surface area contributed by atoms with Crippen LogP contribution in [0, 0.1) is 0 Å². The van der Waals surface area contributed by atoms with Gasteiger partial charge < -0.3 is 9.88 Å². The maximum Gasteiger partial charge on any atom is 0.0947 e. The first-order valence-electron chi connectivity index (χ1n) is 6.49. The lowest BCUT2D eigenvalue weighted by Crippen LogP contribution is -2.21. The lowest BCUT2D eigenvalue weighted by Gasteiger charge is -2.15. The predicted molar refractivity (Wildman–Crippen MR) is 68.4 cm³/mol. The fourth-order valence-corrected chi connectivity index (χ4v) is 1.99. The second kappa shape index (κ2) is 7.44. The van der Waals surface area contributed by atoms with Crippen LogP contribution >= 0.6 is 0 Å². The standard InChI is InChI=1S/C13H25N3/c1-4-6-7-8-9-12(14-5-2)13-10-16(3)11-15-13/h10-12,14H,4-9H2,1-3H3. The van der Waals surface area contributed by atoms with E-state index in [9.17, 15) is 0 Å². The second-order valence-electron chi connectivity index (χ2n) is 4.42. The van der Waals surface area contributed by atoms with Gasteiger partial charge in [0.1, 0.15) is 0 Å². The molecule has 3 heteroatoms. The van der Waals surface area contributed by atoms with E-state index in [1.807, 2.05) is 17.9 Å². The first kappa shape index (κ1) is 13.2. The van der Waals surface area contributed by atoms with Gasteiger partial charge in [-0.3, -0.25) is 0 Å². The number of aryl methyl sites for hydroxylation is 1. The fraction of sp³-hybridized carbons (Fsp3) is 0.769. The molecule has 3 nitrogen and oxygen atoms in total. The molecule has 0 fully saturated rings. The normalized spacial score (nSPS) is 12.9. The number of hydrogen-bond acceptors (Lipinski definition) is 2. The number of hydrogen-bond donors (Lipinski definition) is 1. The summed E-state index contributed by atoms with van der Waals surface area (Å²) in [5.74, 6) is 0. The van der Waals surface area contributed by atoms with Gasteiger partial charge >= 0.3 is 0 Å². The van der Waals surface area contributed by atoms with Gasteiger partial charge in [0.15, 0.2) is 0 Å². The molecule has 1 aromatic heterocycles. The molecular formula is C13H25N3. The zero-order valence-electron chi connectivity index (χ0n) is 10.9. The average Bonchev–Trinajstić information content (AvgIpc) is 2.69. The largest absolute Gasteiger partial charge is 0.340 e. The molecule has 1 aromatic rings. The molecule has 0 spiro atoms. The number of nitrogens with one attached hydrogen (secondary N) is 1. The Balaban J connectivity index is 2.41. The fourth-order valence-electron chi connectivity index (χ4n) is 1.99. The highest BCUT2D eigenvalue weighted by Crippen LogP contribution is 2.18. The maximum atomic E-state index is 4.43. The number of nitrogens with zero attached hydrogens (tertiary/aromatic N) is 2. The van der Waals surface area contributed by atoms with Gasteiger partial charge in [0.05, 0.1) is 18.1 Å². The number of imidazole rings is 1. The van der Waals surface area contributed by atoms with Crippen molar-refractivity contribution in [3.8, 4) is 0 Å². The van der Waals surface area contributed by atoms with E-state index in [1.165, 1.54) is 37.8 Å². The topological polar surface area (TPSA) is 29.9 Å². The van der Waals surface area contributed by atoms with Crippen LogP contribution in [-0.4, -0.2) is 16.1 Å². The van der Waals surface area contributed by atoms with E-state index < -0.39 is 0 Å². The Kier molecular flexibility index (Phi) is 6.16. The molecular weight excluding hydrogens is 198 g/mol. The minimum Gasteiger partial charge on any atom is -0.340 e. The summed E-state index contributed by atoms with van der Waals surface area (Å²) >= 11 is 0. The van der Waals surface area contributed by atoms with Gasteiger partial charge in [0.2, 0.25) is 0 Å². The van der Waals surface area contributed by atoms with Gasteiger partial charge in [0, 0.05) is 13.2 Å². The van der Waals surface area contributed by atoms with Crippen LogP contribution in [0.2, 0.25) is 0 Å². The molecule has 0 aliphatic carbocycles. The lowest BCUT2D eigenvalue weighted by atomic mass is 10.1. The van der Waals surface area contributed by atoms with Crippen LogP contribution in [-0.2, 0) is 7.05 Å². The van der Waals surface area contributed by atoms with E-state index in [1.54, 1.807) is 0 Å². The van der Waals surface area contributed by atoms with Gasteiger partial charge in [-0.1, -0.05) is 39.5 Å². The van der Waals surface area contributed by atoms with Crippen molar-refractivity contribution in [2.24, 2.45) is 7.05 Å². The smallest absolute Gasteiger partial charge is 0.0947 e. The van der Waals surface area contributed by atoms with Crippen LogP contribution in [0.1, 0.15) is 57.7 Å². The first-order chi connectivity index (χ1) is 7.77. The summed E-state index contributed by atoms with van der Waals surface area (Å²) in [5, 5.41) is 3.51. The third-order valence-corrected chi connectivity index (χ3v) is 2.88. The predicted octanol–water partition coefficient (Wildman–Crippen LogP) is 3.04. The zero-order valence-corrected chi connectivity index (χ0v) is 10.9. The van der Waals surface area contributed by atoms with Gasteiger partial charge in [-0.2, -0.15) is 0 Å². The van der Waals surface area contributed by atoms with E-state index in [4.69, 9.17) is 0 Å². The van der Waals surface area contributed by atoms with Crippen molar-refractivity contribution in [2.45, 2.75) is 52.0 Å². The monoisotopic (exact) mass is 223 g/mol. The van der Waals surface area contributed by atoms with Crippen LogP contribution in [0.3, 0.4) is 0 Å². The number of aromatic nitrogens is 2. The molecule has 0 radical (unpaired) electrons. The Morgan fingerprint density at radius 2 is 2.12 bits per heavy atom. The van der Waals surface area contributed by atoms with Crippen molar-refractivity contribution >= 4 is 0 Å². The zero-order chi connectivity index (χ0) is 11.8. The minimum absolute atomic E-state index is 0.433. The molecule has 1 atom stereocenters. The van der Waals surface area contributed by atoms with Crippen LogP contribution < -0.4 is 5.32 Å². The van der Waals surface area contributed by atoms with Crippen molar-refractivity contribution in [1.82, 2.24) is 14.9 Å². The third-order valence-electron chi connectivity index (χ3n) is 2.88. The Morgan fingerprint density at radius 1 is 1.31 bits per heavy atom. The van der Waals surface area contributed by atoms with Crippen molar-refractivity contribution in [2.75, 3.05) is 6.54 Å². The Morgan fingerprint density at radius 3 is 2.69 bits per heavy atom. The van der Waals surface area contributed by atoms with E-state index in [-0.39, 0.29) is 0 Å². The Bertz CT molecular complexity index is 280. The maximum absolute atomic E-state index is 4.43. The van der Waals surface area contributed by atoms with E-state index in [0.717, 1.165) is 6.54 Å². The molecule has 0 aliphatic rings. The van der Waals surface area contributed by atoms with Crippen molar-refractivity contribution in [3.63, 3.8) is 0 Å². The third kappa shape index (κ3) is 4.35. The van der Waals surface area contributed by atoms with E-state index >= 15 is 0 Å². The summed E-state index contributed by atoms with van der Waals surface area (Å²) < 4.78 is 2.02. The SMILES string of the molecule is CCCCCCC(NCC)c1cn(C)cn1. The highest BCUT2D eigenvalue weighted by Gasteiger charge is 2.11. The molecule has 16 heavy (non-hydrogen) atoms. The minimum atomic E-state index is 0.433. The summed E-state index contributed by atoms with van der Waals surface area (Å²) in [6, 6.07) is 0.433. The Hall–Kier alpha value is -0.830. The Labute approximate surface area is 99.3 Å². The van der Waals surface area contributed by atoms with Crippen molar-refractivity contribution < 1.29 is 0 Å². The molecule has 1 heterocycles. The number of rotatable bonds is 8. The average molecular weight is 223 g/mol. The van der Waals surface area contributed by atoms with Crippen molar-refractivity contribution in [3.05, 3.63) is 18.2 Å². The molecule has 1 N–H and O–H groups in total. The highest BCUT2D eigenvalue weighted by molar-refractivity contribution is 5.03. The van der Waals surface area contributed by atoms with Gasteiger partial charge in [-0.25, -0.2) is 4.98 Å². The molecule has 92 valence electrons. The van der Waals surface area contributed by atoms with Gasteiger partial charge in [-0.05, 0) is 13.0 Å². The summed E-state index contributed by atoms with van der Waals surface area (Å²) in [5.41, 5.74) is 1.18. The van der Waals surface area contributed by atoms with E-state index in [2.05, 4.69) is 30.3 Å². The van der Waals surface area contributed by atoms with Gasteiger partial charge in [0.25, 0.3) is 0 Å². The summed E-state index contributed by atoms with van der Waals surface area (Å²) in [6.07, 6.45) is 10.5. The highest BCUT2D eigenvalue weighted by atomic mass is 15.0. The molecule has 0 aromatic carbocycles. The molecule has 0 amide bonds. The molecule has 1 rings (SSSR count). The quantitative estimate of drug-likeness (QED) is 0.686. The van der Waals surface area contributed by atoms with Crippen LogP contribution in [0.25, 0.3) is 0 Å². The first-order valence-corrected chi connectivity index (χ1v) is 6.49. The summed E-state index contributed by atoms with van der Waals surface area (Å²) in [6.45, 7) is 5.41. The van der Waals surface area contributed by atoms with Crippen LogP contribution in [0.5, 0.6) is 0 Å². The molecule has 0 aliphatic heterocycles. The summed E-state index contributed by atoms with van der Waals surface area (Å²) in [7, 11) is 2.02. The van der Waals surface area contributed by atoms with E-state index in [0.29, 0.717) is 6.04 Å². The molecule has 0 saturated heterocycles. The summed E-state index contributed by atoms with van der Waals surface area (Å²) in [4.78, 5) is 4.43. The molecule has 0 saturated carbocycles. The van der Waals surface area contributed by atoms with Crippen molar-refractivity contribution in [1.29, 1.82) is 0 Å².